The average Bonchev–Trinajstić information content (AvgIpc) is 2.85. The van der Waals surface area contributed by atoms with Gasteiger partial charge in [0, 0.05) is 9.90 Å². The maximum absolute atomic E-state index is 11.9. The van der Waals surface area contributed by atoms with E-state index in [2.05, 4.69) is 10.5 Å². The lowest BCUT2D eigenvalue weighted by molar-refractivity contribution is 0.0952. The normalized spacial score (nSPS) is 11.4. The van der Waals surface area contributed by atoms with Crippen LogP contribution in [0.3, 0.4) is 0 Å². The quantitative estimate of drug-likeness (QED) is 0.672. The molecule has 104 valence electrons. The zero-order valence-electron chi connectivity index (χ0n) is 11.0. The second-order valence-electron chi connectivity index (χ2n) is 4.21. The Bertz CT molecular complexity index is 680. The number of hydrogen-bond donors (Lipinski definition) is 2. The summed E-state index contributed by atoms with van der Waals surface area (Å²) in [7, 11) is 0. The number of carbonyl (C=O) groups excluding carboxylic acids is 1. The van der Waals surface area contributed by atoms with Gasteiger partial charge in [-0.05, 0) is 44.2 Å². The third-order valence-electron chi connectivity index (χ3n) is 2.63. The summed E-state index contributed by atoms with van der Waals surface area (Å²) in [6.45, 7) is 3.81. The van der Waals surface area contributed by atoms with E-state index in [1.807, 2.05) is 26.0 Å². The first-order valence-electron chi connectivity index (χ1n) is 5.87. The first-order valence-corrected chi connectivity index (χ1v) is 7.07. The van der Waals surface area contributed by atoms with Crippen molar-refractivity contribution in [3.05, 3.63) is 50.7 Å². The van der Waals surface area contributed by atoms with Crippen molar-refractivity contribution in [1.29, 1.82) is 0 Å². The number of phenols is 1. The summed E-state index contributed by atoms with van der Waals surface area (Å²) in [6, 6.07) is 8.21. The van der Waals surface area contributed by atoms with Gasteiger partial charge in [-0.1, -0.05) is 11.6 Å². The largest absolute Gasteiger partial charge is 0.507 e. The van der Waals surface area contributed by atoms with Gasteiger partial charge in [0.25, 0.3) is 5.91 Å². The van der Waals surface area contributed by atoms with E-state index in [9.17, 15) is 9.90 Å². The zero-order chi connectivity index (χ0) is 14.7. The molecule has 0 unspecified atom stereocenters. The minimum Gasteiger partial charge on any atom is -0.507 e. The fraction of sp³-hybridized carbons (Fsp3) is 0.143. The number of aromatic hydroxyl groups is 1. The number of hydrazone groups is 1. The monoisotopic (exact) mass is 308 g/mol. The van der Waals surface area contributed by atoms with Gasteiger partial charge in [0.2, 0.25) is 0 Å². The molecule has 2 N–H and O–H groups in total. The van der Waals surface area contributed by atoms with Crippen molar-refractivity contribution < 1.29 is 9.90 Å². The Morgan fingerprint density at radius 1 is 1.35 bits per heavy atom. The Kier molecular flexibility index (Phi) is 4.42. The Morgan fingerprint density at radius 2 is 2.10 bits per heavy atom. The number of nitrogens with one attached hydrogen (secondary N) is 1. The summed E-state index contributed by atoms with van der Waals surface area (Å²) in [6.07, 6.45) is 0. The van der Waals surface area contributed by atoms with Crippen LogP contribution in [0.15, 0.2) is 35.4 Å². The second kappa shape index (κ2) is 6.07. The van der Waals surface area contributed by atoms with Crippen LogP contribution >= 0.6 is 22.9 Å². The molecule has 0 atom stereocenters. The molecule has 0 aliphatic heterocycles. The first kappa shape index (κ1) is 14.6. The number of aryl methyl sites for hydroxylation is 1. The number of hydrogen-bond acceptors (Lipinski definition) is 4. The minimum atomic E-state index is -0.502. The van der Waals surface area contributed by atoms with Crippen LogP contribution in [0.4, 0.5) is 0 Å². The number of halogens is 1. The molecule has 1 heterocycles. The molecule has 1 aromatic heterocycles. The van der Waals surface area contributed by atoms with Gasteiger partial charge in [-0.2, -0.15) is 5.10 Å². The molecule has 0 saturated carbocycles. The van der Waals surface area contributed by atoms with E-state index in [-0.39, 0.29) is 11.3 Å². The van der Waals surface area contributed by atoms with E-state index in [1.165, 1.54) is 23.1 Å². The molecule has 0 bridgehead atoms. The maximum atomic E-state index is 11.9. The van der Waals surface area contributed by atoms with E-state index in [1.54, 1.807) is 11.3 Å². The van der Waals surface area contributed by atoms with E-state index in [4.69, 9.17) is 11.6 Å². The van der Waals surface area contributed by atoms with E-state index >= 15 is 0 Å². The van der Waals surface area contributed by atoms with Gasteiger partial charge >= 0.3 is 0 Å². The zero-order valence-corrected chi connectivity index (χ0v) is 12.5. The molecule has 1 amide bonds. The van der Waals surface area contributed by atoms with Gasteiger partial charge < -0.3 is 5.11 Å². The number of rotatable bonds is 3. The molecular formula is C14H13ClN2O2S. The SMILES string of the molecule is CC(=NNC(=O)c1cc(Cl)ccc1O)c1ccc(C)s1. The van der Waals surface area contributed by atoms with Crippen LogP contribution in [0.1, 0.15) is 27.0 Å². The van der Waals surface area contributed by atoms with Crippen molar-refractivity contribution in [3.63, 3.8) is 0 Å². The highest BCUT2D eigenvalue weighted by molar-refractivity contribution is 7.14. The van der Waals surface area contributed by atoms with Crippen molar-refractivity contribution in [2.75, 3.05) is 0 Å². The molecule has 2 rings (SSSR count). The fourth-order valence-corrected chi connectivity index (χ4v) is 2.55. The highest BCUT2D eigenvalue weighted by Gasteiger charge is 2.11. The Morgan fingerprint density at radius 3 is 2.75 bits per heavy atom. The van der Waals surface area contributed by atoms with Gasteiger partial charge in [0.15, 0.2) is 0 Å². The number of carbonyl (C=O) groups is 1. The van der Waals surface area contributed by atoms with E-state index in [0.29, 0.717) is 10.7 Å². The predicted molar refractivity (Wildman–Crippen MR) is 81.9 cm³/mol. The highest BCUT2D eigenvalue weighted by atomic mass is 35.5. The standard InChI is InChI=1S/C14H13ClN2O2S/c1-8-3-6-13(20-8)9(2)16-17-14(19)11-7-10(15)4-5-12(11)18/h3-7,18H,1-2H3,(H,17,19). The number of nitrogens with zero attached hydrogens (tertiary/aromatic N) is 1. The van der Waals surface area contributed by atoms with Crippen molar-refractivity contribution in [3.8, 4) is 5.75 Å². The fourth-order valence-electron chi connectivity index (χ4n) is 1.57. The molecule has 0 fully saturated rings. The van der Waals surface area contributed by atoms with Gasteiger partial charge in [0.1, 0.15) is 5.75 Å². The lowest BCUT2D eigenvalue weighted by Gasteiger charge is -2.04. The van der Waals surface area contributed by atoms with Gasteiger partial charge in [-0.3, -0.25) is 4.79 Å². The van der Waals surface area contributed by atoms with Crippen LogP contribution in [0.5, 0.6) is 5.75 Å². The van der Waals surface area contributed by atoms with Gasteiger partial charge in [-0.15, -0.1) is 11.3 Å². The summed E-state index contributed by atoms with van der Waals surface area (Å²) in [5.41, 5.74) is 3.21. The molecule has 1 aromatic carbocycles. The van der Waals surface area contributed by atoms with Gasteiger partial charge in [0.05, 0.1) is 16.2 Å². The molecule has 0 aliphatic carbocycles. The van der Waals surface area contributed by atoms with Gasteiger partial charge in [-0.25, -0.2) is 5.43 Å². The lowest BCUT2D eigenvalue weighted by Crippen LogP contribution is -2.19. The van der Waals surface area contributed by atoms with Crippen LogP contribution < -0.4 is 5.43 Å². The second-order valence-corrected chi connectivity index (χ2v) is 5.93. The predicted octanol–water partition coefficient (Wildman–Crippen LogP) is 3.57. The molecule has 0 radical (unpaired) electrons. The molecule has 0 saturated heterocycles. The Hall–Kier alpha value is -1.85. The molecule has 20 heavy (non-hydrogen) atoms. The number of benzene rings is 1. The van der Waals surface area contributed by atoms with Crippen LogP contribution in [0, 0.1) is 6.92 Å². The number of phenolic OH excluding ortho intramolecular Hbond substituents is 1. The first-order chi connectivity index (χ1) is 9.47. The summed E-state index contributed by atoms with van der Waals surface area (Å²) < 4.78 is 0. The third-order valence-corrected chi connectivity index (χ3v) is 3.97. The summed E-state index contributed by atoms with van der Waals surface area (Å²) in [5.74, 6) is -0.635. The molecule has 4 nitrogen and oxygen atoms in total. The minimum absolute atomic E-state index is 0.0939. The van der Waals surface area contributed by atoms with Crippen LogP contribution in [0.25, 0.3) is 0 Å². The van der Waals surface area contributed by atoms with Crippen LogP contribution in [-0.2, 0) is 0 Å². The smallest absolute Gasteiger partial charge is 0.275 e. The van der Waals surface area contributed by atoms with Crippen molar-refractivity contribution in [1.82, 2.24) is 5.43 Å². The summed E-state index contributed by atoms with van der Waals surface area (Å²) in [4.78, 5) is 14.1. The highest BCUT2D eigenvalue weighted by Crippen LogP contribution is 2.21. The Labute approximate surface area is 125 Å². The van der Waals surface area contributed by atoms with Crippen molar-refractivity contribution in [2.45, 2.75) is 13.8 Å². The average molecular weight is 309 g/mol. The molecule has 6 heteroatoms. The number of amides is 1. The summed E-state index contributed by atoms with van der Waals surface area (Å²) in [5, 5.41) is 14.0. The van der Waals surface area contributed by atoms with Crippen molar-refractivity contribution >= 4 is 34.6 Å². The van der Waals surface area contributed by atoms with E-state index < -0.39 is 5.91 Å². The van der Waals surface area contributed by atoms with Crippen LogP contribution in [0.2, 0.25) is 5.02 Å². The van der Waals surface area contributed by atoms with Crippen molar-refractivity contribution in [2.24, 2.45) is 5.10 Å². The number of thiophene rings is 1. The lowest BCUT2D eigenvalue weighted by atomic mass is 10.2. The van der Waals surface area contributed by atoms with Crippen LogP contribution in [-0.4, -0.2) is 16.7 Å². The topological polar surface area (TPSA) is 61.7 Å². The van der Waals surface area contributed by atoms with E-state index in [0.717, 1.165) is 4.88 Å². The molecule has 0 aliphatic rings. The Balaban J connectivity index is 2.14. The third kappa shape index (κ3) is 3.37. The maximum Gasteiger partial charge on any atom is 0.275 e. The molecular weight excluding hydrogens is 296 g/mol. The summed E-state index contributed by atoms with van der Waals surface area (Å²) >= 11 is 7.39. The molecule has 0 spiro atoms. The molecule has 2 aromatic rings.